The van der Waals surface area contributed by atoms with Crippen LogP contribution in [-0.4, -0.2) is 20.7 Å². The van der Waals surface area contributed by atoms with Crippen LogP contribution >= 0.6 is 0 Å². The first kappa shape index (κ1) is 12.1. The summed E-state index contributed by atoms with van der Waals surface area (Å²) in [6.07, 6.45) is 4.75. The van der Waals surface area contributed by atoms with Crippen LogP contribution in [0.15, 0.2) is 24.7 Å². The zero-order valence-corrected chi connectivity index (χ0v) is 10.3. The molecule has 1 amide bonds. The Kier molecular flexibility index (Phi) is 3.27. The van der Waals surface area contributed by atoms with Gasteiger partial charge < -0.3 is 11.1 Å². The Hall–Kier alpha value is -2.37. The topological polar surface area (TPSA) is 85.8 Å². The van der Waals surface area contributed by atoms with Crippen molar-refractivity contribution >= 4 is 11.6 Å². The minimum atomic E-state index is -0.210. The Morgan fingerprint density at radius 1 is 1.50 bits per heavy atom. The molecule has 3 N–H and O–H groups in total. The average molecular weight is 245 g/mol. The highest BCUT2D eigenvalue weighted by atomic mass is 16.1. The van der Waals surface area contributed by atoms with Crippen LogP contribution in [0.2, 0.25) is 0 Å². The van der Waals surface area contributed by atoms with E-state index in [2.05, 4.69) is 15.4 Å². The van der Waals surface area contributed by atoms with Crippen molar-refractivity contribution in [3.63, 3.8) is 0 Å². The molecule has 0 aliphatic rings. The molecule has 0 atom stereocenters. The lowest BCUT2D eigenvalue weighted by Gasteiger charge is -2.06. The summed E-state index contributed by atoms with van der Waals surface area (Å²) in [5.41, 5.74) is 8.50. The SMILES string of the molecule is Cc1c(CNC(=O)c2ccncc2N)cnn1C. The van der Waals surface area contributed by atoms with E-state index in [9.17, 15) is 4.79 Å². The number of pyridine rings is 1. The average Bonchev–Trinajstić information content (AvgIpc) is 2.68. The molecule has 0 bridgehead atoms. The van der Waals surface area contributed by atoms with Crippen LogP contribution in [0, 0.1) is 6.92 Å². The zero-order valence-electron chi connectivity index (χ0n) is 10.3. The molecule has 0 aliphatic carbocycles. The molecule has 0 aliphatic heterocycles. The lowest BCUT2D eigenvalue weighted by molar-refractivity contribution is 0.0951. The minimum Gasteiger partial charge on any atom is -0.397 e. The number of nitrogens with zero attached hydrogens (tertiary/aromatic N) is 3. The van der Waals surface area contributed by atoms with E-state index >= 15 is 0 Å². The third-order valence-corrected chi connectivity index (χ3v) is 2.87. The van der Waals surface area contributed by atoms with Crippen molar-refractivity contribution in [2.75, 3.05) is 5.73 Å². The van der Waals surface area contributed by atoms with Crippen LogP contribution < -0.4 is 11.1 Å². The number of hydrogen-bond donors (Lipinski definition) is 2. The molecule has 94 valence electrons. The van der Waals surface area contributed by atoms with Gasteiger partial charge in [-0.3, -0.25) is 14.5 Å². The normalized spacial score (nSPS) is 10.3. The Morgan fingerprint density at radius 2 is 2.28 bits per heavy atom. The molecule has 2 rings (SSSR count). The quantitative estimate of drug-likeness (QED) is 0.830. The molecular formula is C12H15N5O. The van der Waals surface area contributed by atoms with Gasteiger partial charge in [0.05, 0.1) is 23.6 Å². The Morgan fingerprint density at radius 3 is 2.89 bits per heavy atom. The molecule has 0 saturated heterocycles. The summed E-state index contributed by atoms with van der Waals surface area (Å²) in [6.45, 7) is 2.38. The fourth-order valence-electron chi connectivity index (χ4n) is 1.60. The molecule has 0 unspecified atom stereocenters. The van der Waals surface area contributed by atoms with Crippen LogP contribution in [0.5, 0.6) is 0 Å². The van der Waals surface area contributed by atoms with E-state index in [1.807, 2.05) is 14.0 Å². The van der Waals surface area contributed by atoms with Gasteiger partial charge in [-0.15, -0.1) is 0 Å². The standard InChI is InChI=1S/C12H15N5O/c1-8-9(6-16-17(8)2)5-15-12(18)10-3-4-14-7-11(10)13/h3-4,6-7H,5,13H2,1-2H3,(H,15,18). The predicted octanol–water partition coefficient (Wildman–Crippen LogP) is 0.636. The maximum absolute atomic E-state index is 11.9. The fraction of sp³-hybridized carbons (Fsp3) is 0.250. The molecule has 0 aromatic carbocycles. The minimum absolute atomic E-state index is 0.210. The van der Waals surface area contributed by atoms with Crippen molar-refractivity contribution in [1.82, 2.24) is 20.1 Å². The second kappa shape index (κ2) is 4.87. The van der Waals surface area contributed by atoms with E-state index in [1.165, 1.54) is 6.20 Å². The molecular weight excluding hydrogens is 230 g/mol. The fourth-order valence-corrected chi connectivity index (χ4v) is 1.60. The molecule has 0 fully saturated rings. The van der Waals surface area contributed by atoms with Gasteiger partial charge >= 0.3 is 0 Å². The lowest BCUT2D eigenvalue weighted by atomic mass is 10.2. The van der Waals surface area contributed by atoms with E-state index in [4.69, 9.17) is 5.73 Å². The largest absolute Gasteiger partial charge is 0.397 e. The van der Waals surface area contributed by atoms with Crippen molar-refractivity contribution in [2.45, 2.75) is 13.5 Å². The highest BCUT2D eigenvalue weighted by molar-refractivity contribution is 5.98. The molecule has 0 spiro atoms. The van der Waals surface area contributed by atoms with Gasteiger partial charge in [-0.05, 0) is 13.0 Å². The number of hydrogen-bond acceptors (Lipinski definition) is 4. The number of carbonyl (C=O) groups is 1. The zero-order chi connectivity index (χ0) is 13.1. The summed E-state index contributed by atoms with van der Waals surface area (Å²) < 4.78 is 1.77. The number of aryl methyl sites for hydroxylation is 1. The summed E-state index contributed by atoms with van der Waals surface area (Å²) in [6, 6.07) is 1.60. The van der Waals surface area contributed by atoms with Gasteiger partial charge in [0, 0.05) is 31.0 Å². The lowest BCUT2D eigenvalue weighted by Crippen LogP contribution is -2.24. The molecule has 6 heteroatoms. The summed E-state index contributed by atoms with van der Waals surface area (Å²) in [4.78, 5) is 15.8. The number of nitrogen functional groups attached to an aromatic ring is 1. The van der Waals surface area contributed by atoms with Crippen LogP contribution in [0.25, 0.3) is 0 Å². The molecule has 0 radical (unpaired) electrons. The molecule has 2 aromatic heterocycles. The van der Waals surface area contributed by atoms with Crippen LogP contribution in [0.1, 0.15) is 21.6 Å². The maximum atomic E-state index is 11.9. The summed E-state index contributed by atoms with van der Waals surface area (Å²) in [5, 5.41) is 6.93. The Bertz CT molecular complexity index is 576. The summed E-state index contributed by atoms with van der Waals surface area (Å²) in [5.74, 6) is -0.210. The van der Waals surface area contributed by atoms with E-state index in [0.29, 0.717) is 17.8 Å². The highest BCUT2D eigenvalue weighted by Crippen LogP contribution is 2.09. The predicted molar refractivity (Wildman–Crippen MR) is 67.8 cm³/mol. The van der Waals surface area contributed by atoms with Gasteiger partial charge in [-0.25, -0.2) is 0 Å². The van der Waals surface area contributed by atoms with Gasteiger partial charge in [-0.1, -0.05) is 0 Å². The van der Waals surface area contributed by atoms with Gasteiger partial charge in [-0.2, -0.15) is 5.10 Å². The second-order valence-electron chi connectivity index (χ2n) is 4.02. The van der Waals surface area contributed by atoms with Gasteiger partial charge in [0.15, 0.2) is 0 Å². The molecule has 2 aromatic rings. The van der Waals surface area contributed by atoms with Gasteiger partial charge in [0.25, 0.3) is 5.91 Å². The Labute approximate surface area is 105 Å². The maximum Gasteiger partial charge on any atom is 0.253 e. The van der Waals surface area contributed by atoms with Gasteiger partial charge in [0.2, 0.25) is 0 Å². The van der Waals surface area contributed by atoms with E-state index in [1.54, 1.807) is 23.1 Å². The third kappa shape index (κ3) is 2.32. The number of rotatable bonds is 3. The first-order valence-corrected chi connectivity index (χ1v) is 5.54. The van der Waals surface area contributed by atoms with Crippen molar-refractivity contribution in [3.05, 3.63) is 41.5 Å². The number of nitrogens with two attached hydrogens (primary N) is 1. The molecule has 0 saturated carbocycles. The number of aromatic nitrogens is 3. The van der Waals surface area contributed by atoms with Crippen molar-refractivity contribution < 1.29 is 4.79 Å². The summed E-state index contributed by atoms with van der Waals surface area (Å²) in [7, 11) is 1.86. The number of anilines is 1. The smallest absolute Gasteiger partial charge is 0.253 e. The molecule has 2 heterocycles. The van der Waals surface area contributed by atoms with Crippen LogP contribution in [-0.2, 0) is 13.6 Å². The van der Waals surface area contributed by atoms with Crippen LogP contribution in [0.3, 0.4) is 0 Å². The van der Waals surface area contributed by atoms with Gasteiger partial charge in [0.1, 0.15) is 0 Å². The van der Waals surface area contributed by atoms with Crippen LogP contribution in [0.4, 0.5) is 5.69 Å². The van der Waals surface area contributed by atoms with Crippen molar-refractivity contribution in [2.24, 2.45) is 7.05 Å². The first-order valence-electron chi connectivity index (χ1n) is 5.54. The molecule has 18 heavy (non-hydrogen) atoms. The van der Waals surface area contributed by atoms with Crippen molar-refractivity contribution in [3.8, 4) is 0 Å². The number of amides is 1. The third-order valence-electron chi connectivity index (χ3n) is 2.87. The second-order valence-corrected chi connectivity index (χ2v) is 4.02. The van der Waals surface area contributed by atoms with E-state index in [-0.39, 0.29) is 5.91 Å². The summed E-state index contributed by atoms with van der Waals surface area (Å²) >= 11 is 0. The molecule has 6 nitrogen and oxygen atoms in total. The number of nitrogens with one attached hydrogen (secondary N) is 1. The first-order chi connectivity index (χ1) is 8.59. The van der Waals surface area contributed by atoms with E-state index < -0.39 is 0 Å². The van der Waals surface area contributed by atoms with Crippen molar-refractivity contribution in [1.29, 1.82) is 0 Å². The highest BCUT2D eigenvalue weighted by Gasteiger charge is 2.10. The monoisotopic (exact) mass is 245 g/mol. The number of carbonyl (C=O) groups excluding carboxylic acids is 1. The Balaban J connectivity index is 2.05. The van der Waals surface area contributed by atoms with E-state index in [0.717, 1.165) is 11.3 Å².